The molecule has 1 aromatic heterocycles. The van der Waals surface area contributed by atoms with Crippen molar-refractivity contribution in [2.45, 2.75) is 19.8 Å². The number of halogens is 1. The number of rotatable bonds is 8. The van der Waals surface area contributed by atoms with Crippen molar-refractivity contribution in [1.29, 1.82) is 0 Å². The topological polar surface area (TPSA) is 53.5 Å². The summed E-state index contributed by atoms with van der Waals surface area (Å²) in [4.78, 5) is 9.35. The molecule has 1 saturated heterocycles. The number of nitrogens with one attached hydrogen (secondary N) is 1. The lowest BCUT2D eigenvalue weighted by atomic mass is 10.2. The molecule has 0 atom stereocenters. The number of aromatic nitrogens is 2. The molecule has 0 radical (unpaired) electrons. The van der Waals surface area contributed by atoms with E-state index in [9.17, 15) is 0 Å². The Bertz CT molecular complexity index is 703. The average Bonchev–Trinajstić information content (AvgIpc) is 3.08. The summed E-state index contributed by atoms with van der Waals surface area (Å²) in [7, 11) is 1.68. The number of piperazine rings is 1. The summed E-state index contributed by atoms with van der Waals surface area (Å²) in [6, 6.07) is 6.11. The Balaban J connectivity index is 1.60. The van der Waals surface area contributed by atoms with Crippen molar-refractivity contribution in [3.05, 3.63) is 29.0 Å². The second kappa shape index (κ2) is 9.50. The van der Waals surface area contributed by atoms with Crippen LogP contribution in [0.4, 0.5) is 16.5 Å². The highest BCUT2D eigenvalue weighted by Gasteiger charge is 2.18. The number of benzene rings is 1. The third kappa shape index (κ3) is 5.07. The Morgan fingerprint density at radius 2 is 2.08 bits per heavy atom. The lowest BCUT2D eigenvalue weighted by Gasteiger charge is -2.36. The van der Waals surface area contributed by atoms with Gasteiger partial charge in [-0.05, 0) is 31.2 Å². The first-order valence-corrected chi connectivity index (χ1v) is 10.2. The van der Waals surface area contributed by atoms with E-state index in [-0.39, 0.29) is 0 Å². The molecule has 2 aromatic rings. The second-order valence-corrected chi connectivity index (χ2v) is 7.54. The molecule has 8 heteroatoms. The van der Waals surface area contributed by atoms with Crippen molar-refractivity contribution >= 4 is 39.6 Å². The summed E-state index contributed by atoms with van der Waals surface area (Å²) in [5.41, 5.74) is 2.03. The van der Waals surface area contributed by atoms with Crippen LogP contribution in [0, 0.1) is 0 Å². The second-order valence-electron chi connectivity index (χ2n) is 6.38. The molecule has 0 spiro atoms. The van der Waals surface area contributed by atoms with Crippen LogP contribution in [0.1, 0.15) is 19.2 Å². The van der Waals surface area contributed by atoms with Crippen LogP contribution in [0.5, 0.6) is 0 Å². The highest BCUT2D eigenvalue weighted by Crippen LogP contribution is 2.31. The molecular weight excluding hydrogens is 370 g/mol. The SMILES string of the molecule is CCCN1CCN(c2ccc(Nc3nc(CCOC)ns3)cc2Cl)CC1. The standard InChI is InChI=1S/C18H26ClN5OS/c1-3-7-23-8-10-24(11-9-23)16-5-4-14(13-15(16)19)20-18-21-17(22-26-18)6-12-25-2/h4-5,13H,3,6-12H2,1-2H3,(H,20,21,22). The van der Waals surface area contributed by atoms with Crippen molar-refractivity contribution in [2.75, 3.05) is 56.7 Å². The van der Waals surface area contributed by atoms with E-state index in [1.807, 2.05) is 6.07 Å². The van der Waals surface area contributed by atoms with Crippen LogP contribution in [-0.4, -0.2) is 60.7 Å². The van der Waals surface area contributed by atoms with Crippen LogP contribution < -0.4 is 10.2 Å². The van der Waals surface area contributed by atoms with Crippen LogP contribution in [0.3, 0.4) is 0 Å². The number of hydrogen-bond acceptors (Lipinski definition) is 7. The number of methoxy groups -OCH3 is 1. The van der Waals surface area contributed by atoms with Crippen molar-refractivity contribution in [3.63, 3.8) is 0 Å². The van der Waals surface area contributed by atoms with Crippen LogP contribution in [0.15, 0.2) is 18.2 Å². The molecule has 1 fully saturated rings. The molecule has 2 heterocycles. The maximum absolute atomic E-state index is 6.56. The zero-order valence-electron chi connectivity index (χ0n) is 15.4. The van der Waals surface area contributed by atoms with Gasteiger partial charge in [0.1, 0.15) is 5.82 Å². The normalized spacial score (nSPS) is 15.4. The number of hydrogen-bond donors (Lipinski definition) is 1. The van der Waals surface area contributed by atoms with Crippen LogP contribution in [0.25, 0.3) is 0 Å². The van der Waals surface area contributed by atoms with Crippen LogP contribution >= 0.6 is 23.1 Å². The number of anilines is 3. The minimum atomic E-state index is 0.627. The van der Waals surface area contributed by atoms with Crippen molar-refractivity contribution in [2.24, 2.45) is 0 Å². The predicted molar refractivity (Wildman–Crippen MR) is 109 cm³/mol. The van der Waals surface area contributed by atoms with Gasteiger partial charge in [-0.3, -0.25) is 4.90 Å². The zero-order chi connectivity index (χ0) is 18.4. The molecule has 0 aliphatic carbocycles. The summed E-state index contributed by atoms with van der Waals surface area (Å²) in [5, 5.41) is 4.83. The van der Waals surface area contributed by atoms with Gasteiger partial charge in [-0.2, -0.15) is 4.37 Å². The molecule has 0 saturated carbocycles. The molecule has 0 bridgehead atoms. The quantitative estimate of drug-likeness (QED) is 0.736. The summed E-state index contributed by atoms with van der Waals surface area (Å²) in [6.07, 6.45) is 1.93. The van der Waals surface area contributed by atoms with E-state index < -0.39 is 0 Å². The Morgan fingerprint density at radius 3 is 2.77 bits per heavy atom. The summed E-state index contributed by atoms with van der Waals surface area (Å²) < 4.78 is 9.39. The van der Waals surface area contributed by atoms with E-state index in [2.05, 4.69) is 43.5 Å². The third-order valence-corrected chi connectivity index (χ3v) is 5.42. The maximum atomic E-state index is 6.56. The fourth-order valence-corrected chi connectivity index (χ4v) is 4.03. The van der Waals surface area contributed by atoms with Crippen molar-refractivity contribution < 1.29 is 4.74 Å². The molecule has 3 rings (SSSR count). The first kappa shape index (κ1) is 19.4. The molecule has 1 aromatic carbocycles. The van der Waals surface area contributed by atoms with Gasteiger partial charge >= 0.3 is 0 Å². The minimum absolute atomic E-state index is 0.627. The molecule has 26 heavy (non-hydrogen) atoms. The monoisotopic (exact) mass is 395 g/mol. The largest absolute Gasteiger partial charge is 0.384 e. The van der Waals surface area contributed by atoms with E-state index in [4.69, 9.17) is 16.3 Å². The van der Waals surface area contributed by atoms with Crippen LogP contribution in [-0.2, 0) is 11.2 Å². The van der Waals surface area contributed by atoms with E-state index in [0.717, 1.165) is 60.0 Å². The number of nitrogens with zero attached hydrogens (tertiary/aromatic N) is 4. The summed E-state index contributed by atoms with van der Waals surface area (Å²) in [6.45, 7) is 8.27. The third-order valence-electron chi connectivity index (χ3n) is 4.45. The highest BCUT2D eigenvalue weighted by atomic mass is 35.5. The Labute approximate surface area is 164 Å². The lowest BCUT2D eigenvalue weighted by molar-refractivity contribution is 0.201. The van der Waals surface area contributed by atoms with Gasteiger partial charge in [0, 0.05) is 56.9 Å². The van der Waals surface area contributed by atoms with Gasteiger partial charge in [0.2, 0.25) is 5.13 Å². The molecule has 6 nitrogen and oxygen atoms in total. The van der Waals surface area contributed by atoms with Crippen LogP contribution in [0.2, 0.25) is 5.02 Å². The smallest absolute Gasteiger partial charge is 0.207 e. The highest BCUT2D eigenvalue weighted by molar-refractivity contribution is 7.09. The summed E-state index contributed by atoms with van der Waals surface area (Å²) >= 11 is 7.91. The van der Waals surface area contributed by atoms with Gasteiger partial charge < -0.3 is 15.0 Å². The minimum Gasteiger partial charge on any atom is -0.384 e. The fraction of sp³-hybridized carbons (Fsp3) is 0.556. The molecule has 142 valence electrons. The molecule has 0 unspecified atom stereocenters. The van der Waals surface area contributed by atoms with Gasteiger partial charge in [0.05, 0.1) is 17.3 Å². The molecule has 0 amide bonds. The first-order valence-electron chi connectivity index (χ1n) is 9.05. The molecule has 1 aliphatic heterocycles. The molecule has 1 aliphatic rings. The van der Waals surface area contributed by atoms with E-state index in [0.29, 0.717) is 6.61 Å². The average molecular weight is 396 g/mol. The Kier molecular flexibility index (Phi) is 7.07. The number of ether oxygens (including phenoxy) is 1. The van der Waals surface area contributed by atoms with E-state index >= 15 is 0 Å². The van der Waals surface area contributed by atoms with Gasteiger partial charge in [0.25, 0.3) is 0 Å². The van der Waals surface area contributed by atoms with E-state index in [1.54, 1.807) is 7.11 Å². The fourth-order valence-electron chi connectivity index (χ4n) is 3.09. The summed E-state index contributed by atoms with van der Waals surface area (Å²) in [5.74, 6) is 0.798. The lowest BCUT2D eigenvalue weighted by Crippen LogP contribution is -2.46. The van der Waals surface area contributed by atoms with Crippen molar-refractivity contribution in [1.82, 2.24) is 14.3 Å². The Morgan fingerprint density at radius 1 is 1.27 bits per heavy atom. The predicted octanol–water partition coefficient (Wildman–Crippen LogP) is 3.66. The first-order chi connectivity index (χ1) is 12.7. The Hall–Kier alpha value is -1.41. The molecule has 1 N–H and O–H groups in total. The van der Waals surface area contributed by atoms with Crippen molar-refractivity contribution in [3.8, 4) is 0 Å². The van der Waals surface area contributed by atoms with Gasteiger partial charge in [0.15, 0.2) is 0 Å². The van der Waals surface area contributed by atoms with Gasteiger partial charge in [-0.1, -0.05) is 18.5 Å². The van der Waals surface area contributed by atoms with Gasteiger partial charge in [-0.15, -0.1) is 0 Å². The zero-order valence-corrected chi connectivity index (χ0v) is 16.9. The maximum Gasteiger partial charge on any atom is 0.207 e. The van der Waals surface area contributed by atoms with Gasteiger partial charge in [-0.25, -0.2) is 4.98 Å². The van der Waals surface area contributed by atoms with E-state index in [1.165, 1.54) is 24.5 Å². The molecular formula is C18H26ClN5OS.